The fourth-order valence-electron chi connectivity index (χ4n) is 2.07. The maximum absolute atomic E-state index is 13.2. The Morgan fingerprint density at radius 3 is 2.71 bits per heavy atom. The number of hydrogen-bond acceptors (Lipinski definition) is 2. The van der Waals surface area contributed by atoms with E-state index in [-0.39, 0.29) is 5.69 Å². The van der Waals surface area contributed by atoms with Crippen molar-refractivity contribution in [1.29, 1.82) is 0 Å². The van der Waals surface area contributed by atoms with Crippen LogP contribution in [0.25, 0.3) is 16.9 Å². The number of aromatic nitrogens is 3. The van der Waals surface area contributed by atoms with Gasteiger partial charge in [-0.25, -0.2) is 18.3 Å². The normalized spacial score (nSPS) is 11.5. The summed E-state index contributed by atoms with van der Waals surface area (Å²) < 4.78 is 28.4. The zero-order chi connectivity index (χ0) is 15.1. The molecule has 0 saturated heterocycles. The summed E-state index contributed by atoms with van der Waals surface area (Å²) in [6.45, 7) is 1.86. The van der Waals surface area contributed by atoms with Crippen molar-refractivity contribution in [3.8, 4) is 11.3 Å². The number of hydrogen-bond donors (Lipinski definition) is 0. The van der Waals surface area contributed by atoms with Gasteiger partial charge in [0.25, 0.3) is 6.43 Å². The molecule has 0 N–H and O–H groups in total. The van der Waals surface area contributed by atoms with Gasteiger partial charge in [0.05, 0.1) is 15.5 Å². The molecule has 3 aromatic rings. The van der Waals surface area contributed by atoms with E-state index in [4.69, 9.17) is 11.6 Å². The number of rotatable bonds is 2. The second-order valence-electron chi connectivity index (χ2n) is 4.56. The van der Waals surface area contributed by atoms with Crippen molar-refractivity contribution < 1.29 is 8.78 Å². The average molecular weight is 420 g/mol. The minimum atomic E-state index is -2.63. The number of benzene rings is 1. The van der Waals surface area contributed by atoms with E-state index in [2.05, 4.69) is 10.1 Å². The molecule has 3 nitrogen and oxygen atoms in total. The van der Waals surface area contributed by atoms with Gasteiger partial charge >= 0.3 is 0 Å². The lowest BCUT2D eigenvalue weighted by Crippen LogP contribution is -2.02. The van der Waals surface area contributed by atoms with E-state index >= 15 is 0 Å². The van der Waals surface area contributed by atoms with Gasteiger partial charge in [0, 0.05) is 10.6 Å². The summed E-state index contributed by atoms with van der Waals surface area (Å²) in [6.07, 6.45) is -1.11. The predicted octanol–water partition coefficient (Wildman–Crippen LogP) is 4.90. The lowest BCUT2D eigenvalue weighted by Gasteiger charge is -2.09. The maximum atomic E-state index is 13.2. The standard InChI is InChI=1S/C14H9ClF2IN3/c1-7-4-8(2-3-9(7)15)11-5-12(13(16)17)21-14(20-11)10(18)6-19-21/h2-6,13H,1H3. The van der Waals surface area contributed by atoms with Gasteiger partial charge in [-0.2, -0.15) is 5.10 Å². The Bertz CT molecular complexity index is 832. The van der Waals surface area contributed by atoms with Crippen LogP contribution in [0.3, 0.4) is 0 Å². The van der Waals surface area contributed by atoms with Crippen LogP contribution in [0.4, 0.5) is 8.78 Å². The zero-order valence-electron chi connectivity index (χ0n) is 10.8. The maximum Gasteiger partial charge on any atom is 0.280 e. The molecule has 2 heterocycles. The van der Waals surface area contributed by atoms with E-state index in [9.17, 15) is 8.78 Å². The van der Waals surface area contributed by atoms with Crippen LogP contribution < -0.4 is 0 Å². The molecule has 21 heavy (non-hydrogen) atoms. The largest absolute Gasteiger partial charge is 0.280 e. The van der Waals surface area contributed by atoms with Crippen LogP contribution >= 0.6 is 34.2 Å². The summed E-state index contributed by atoms with van der Waals surface area (Å²) in [5, 5.41) is 4.58. The molecule has 3 rings (SSSR count). The Balaban J connectivity index is 2.27. The van der Waals surface area contributed by atoms with Gasteiger partial charge in [-0.05, 0) is 53.3 Å². The number of alkyl halides is 2. The van der Waals surface area contributed by atoms with E-state index in [1.165, 1.54) is 16.8 Å². The van der Waals surface area contributed by atoms with E-state index in [1.54, 1.807) is 12.1 Å². The summed E-state index contributed by atoms with van der Waals surface area (Å²) in [4.78, 5) is 4.44. The molecule has 0 amide bonds. The van der Waals surface area contributed by atoms with Gasteiger partial charge in [0.2, 0.25) is 0 Å². The lowest BCUT2D eigenvalue weighted by molar-refractivity contribution is 0.143. The third kappa shape index (κ3) is 2.62. The molecule has 1 aromatic carbocycles. The Kier molecular flexibility index (Phi) is 3.83. The van der Waals surface area contributed by atoms with Crippen LogP contribution in [0, 0.1) is 10.5 Å². The summed E-state index contributed by atoms with van der Waals surface area (Å²) in [5.74, 6) is 0. The van der Waals surface area contributed by atoms with Crippen LogP contribution in [0.2, 0.25) is 5.02 Å². The Morgan fingerprint density at radius 2 is 2.05 bits per heavy atom. The van der Waals surface area contributed by atoms with Crippen molar-refractivity contribution in [2.24, 2.45) is 0 Å². The van der Waals surface area contributed by atoms with Crippen molar-refractivity contribution in [3.63, 3.8) is 0 Å². The first kappa shape index (κ1) is 14.6. The van der Waals surface area contributed by atoms with Crippen molar-refractivity contribution >= 4 is 39.8 Å². The van der Waals surface area contributed by atoms with Crippen LogP contribution in [0.1, 0.15) is 17.7 Å². The Morgan fingerprint density at radius 1 is 1.29 bits per heavy atom. The molecule has 7 heteroatoms. The van der Waals surface area contributed by atoms with Gasteiger partial charge in [-0.15, -0.1) is 0 Å². The second-order valence-corrected chi connectivity index (χ2v) is 6.13. The number of aryl methyl sites for hydroxylation is 1. The third-order valence-corrected chi connectivity index (χ3v) is 4.32. The molecule has 0 fully saturated rings. The van der Waals surface area contributed by atoms with Gasteiger partial charge in [0.15, 0.2) is 5.65 Å². The minimum Gasteiger partial charge on any atom is -0.227 e. The SMILES string of the molecule is Cc1cc(-c2cc(C(F)F)n3ncc(I)c3n2)ccc1Cl. The van der Waals surface area contributed by atoms with Gasteiger partial charge in [-0.1, -0.05) is 17.7 Å². The third-order valence-electron chi connectivity index (χ3n) is 3.13. The number of nitrogens with zero attached hydrogens (tertiary/aromatic N) is 3. The second kappa shape index (κ2) is 5.49. The molecule has 0 spiro atoms. The summed E-state index contributed by atoms with van der Waals surface area (Å²) >= 11 is 8.03. The highest BCUT2D eigenvalue weighted by molar-refractivity contribution is 14.1. The first-order valence-corrected chi connectivity index (χ1v) is 7.52. The summed E-state index contributed by atoms with van der Waals surface area (Å²) in [6, 6.07) is 6.71. The van der Waals surface area contributed by atoms with E-state index < -0.39 is 6.43 Å². The Labute approximate surface area is 138 Å². The summed E-state index contributed by atoms with van der Waals surface area (Å²) in [5.41, 5.74) is 2.36. The monoisotopic (exact) mass is 419 g/mol. The fourth-order valence-corrected chi connectivity index (χ4v) is 2.66. The molecular weight excluding hydrogens is 411 g/mol. The average Bonchev–Trinajstić information content (AvgIpc) is 2.82. The van der Waals surface area contributed by atoms with Gasteiger partial charge < -0.3 is 0 Å². The Hall–Kier alpha value is -1.28. The van der Waals surface area contributed by atoms with Crippen molar-refractivity contribution in [3.05, 3.63) is 50.3 Å². The highest BCUT2D eigenvalue weighted by Crippen LogP contribution is 2.29. The zero-order valence-corrected chi connectivity index (χ0v) is 13.7. The van der Waals surface area contributed by atoms with Crippen molar-refractivity contribution in [2.75, 3.05) is 0 Å². The summed E-state index contributed by atoms with van der Waals surface area (Å²) in [7, 11) is 0. The minimum absolute atomic E-state index is 0.175. The van der Waals surface area contributed by atoms with Crippen LogP contribution in [0.5, 0.6) is 0 Å². The number of halogens is 4. The van der Waals surface area contributed by atoms with E-state index in [1.807, 2.05) is 35.6 Å². The van der Waals surface area contributed by atoms with Gasteiger partial charge in [0.1, 0.15) is 5.69 Å². The first-order chi connectivity index (χ1) is 9.97. The highest BCUT2D eigenvalue weighted by Gasteiger charge is 2.18. The molecule has 0 aliphatic heterocycles. The van der Waals surface area contributed by atoms with E-state index in [0.29, 0.717) is 16.4 Å². The number of fused-ring (bicyclic) bond motifs is 1. The van der Waals surface area contributed by atoms with Crippen molar-refractivity contribution in [2.45, 2.75) is 13.3 Å². The fraction of sp³-hybridized carbons (Fsp3) is 0.143. The highest BCUT2D eigenvalue weighted by atomic mass is 127. The van der Waals surface area contributed by atoms with Crippen LogP contribution in [-0.4, -0.2) is 14.6 Å². The topological polar surface area (TPSA) is 30.2 Å². The van der Waals surface area contributed by atoms with E-state index in [0.717, 1.165) is 14.7 Å². The first-order valence-electron chi connectivity index (χ1n) is 6.06. The quantitative estimate of drug-likeness (QED) is 0.553. The molecular formula is C14H9ClF2IN3. The van der Waals surface area contributed by atoms with Crippen LogP contribution in [0.15, 0.2) is 30.5 Å². The van der Waals surface area contributed by atoms with Crippen molar-refractivity contribution in [1.82, 2.24) is 14.6 Å². The molecule has 108 valence electrons. The smallest absolute Gasteiger partial charge is 0.227 e. The lowest BCUT2D eigenvalue weighted by atomic mass is 10.1. The van der Waals surface area contributed by atoms with Gasteiger partial charge in [-0.3, -0.25) is 0 Å². The predicted molar refractivity (Wildman–Crippen MR) is 85.8 cm³/mol. The molecule has 0 aliphatic carbocycles. The molecule has 0 atom stereocenters. The molecule has 0 unspecified atom stereocenters. The molecule has 0 bridgehead atoms. The molecule has 2 aromatic heterocycles. The molecule has 0 aliphatic rings. The molecule has 0 saturated carbocycles. The molecule has 0 radical (unpaired) electrons. The van der Waals surface area contributed by atoms with Crippen LogP contribution in [-0.2, 0) is 0 Å².